The van der Waals surface area contributed by atoms with E-state index in [4.69, 9.17) is 21.1 Å². The minimum Gasteiger partial charge on any atom is -0.482 e. The van der Waals surface area contributed by atoms with Gasteiger partial charge in [0.05, 0.1) is 17.6 Å². The Balaban J connectivity index is 1.80. The third-order valence-electron chi connectivity index (χ3n) is 7.79. The number of ether oxygens (including phenoxy) is 2. The lowest BCUT2D eigenvalue weighted by Crippen LogP contribution is -2.58. The van der Waals surface area contributed by atoms with Crippen LogP contribution in [0.2, 0.25) is 0 Å². The lowest BCUT2D eigenvalue weighted by atomic mass is 9.68. The number of nitrogens with zero attached hydrogens (tertiary/aromatic N) is 2. The van der Waals surface area contributed by atoms with E-state index in [1.165, 1.54) is 25.3 Å². The highest BCUT2D eigenvalue weighted by atomic mass is 35.5. The highest BCUT2D eigenvalue weighted by Gasteiger charge is 2.79. The van der Waals surface area contributed by atoms with Gasteiger partial charge < -0.3 is 24.6 Å². The number of dihydropyridines is 1. The predicted molar refractivity (Wildman–Crippen MR) is 132 cm³/mol. The Morgan fingerprint density at radius 1 is 1.08 bits per heavy atom. The molecule has 2 unspecified atom stereocenters. The number of aliphatic hydroxyl groups is 2. The van der Waals surface area contributed by atoms with E-state index >= 15 is 0 Å². The molecule has 6 nitrogen and oxygen atoms in total. The second-order valence-corrected chi connectivity index (χ2v) is 10.5. The molecule has 0 amide bonds. The zero-order valence-electron chi connectivity index (χ0n) is 20.5. The first-order valence-corrected chi connectivity index (χ1v) is 12.3. The lowest BCUT2D eigenvalue weighted by molar-refractivity contribution is -0.171. The highest BCUT2D eigenvalue weighted by Crippen LogP contribution is 2.69. The van der Waals surface area contributed by atoms with Gasteiger partial charge in [0.25, 0.3) is 0 Å². The Hall–Kier alpha value is -2.43. The molecule has 37 heavy (non-hydrogen) atoms. The molecule has 2 aliphatic heterocycles. The van der Waals surface area contributed by atoms with E-state index in [-0.39, 0.29) is 10.9 Å². The summed E-state index contributed by atoms with van der Waals surface area (Å²) in [6, 6.07) is 13.8. The van der Waals surface area contributed by atoms with Crippen molar-refractivity contribution in [1.29, 1.82) is 0 Å². The zero-order chi connectivity index (χ0) is 26.8. The molecule has 0 spiro atoms. The maximum Gasteiger partial charge on any atom is 0.416 e. The first-order valence-electron chi connectivity index (χ1n) is 11.9. The number of methoxy groups -OCH3 is 1. The van der Waals surface area contributed by atoms with E-state index in [9.17, 15) is 23.4 Å². The zero-order valence-corrected chi connectivity index (χ0v) is 21.2. The van der Waals surface area contributed by atoms with Crippen LogP contribution in [0.5, 0.6) is 0 Å². The van der Waals surface area contributed by atoms with Crippen LogP contribution in [0.4, 0.5) is 13.2 Å². The van der Waals surface area contributed by atoms with Gasteiger partial charge in [0.2, 0.25) is 0 Å². The normalized spacial score (nSPS) is 35.0. The maximum atomic E-state index is 13.4. The molecule has 1 saturated carbocycles. The molecule has 5 rings (SSSR count). The molecular formula is C27H28ClF3N2O4. The summed E-state index contributed by atoms with van der Waals surface area (Å²) in [4.78, 5) is 6.21. The molecule has 1 aliphatic carbocycles. The topological polar surface area (TPSA) is 74.5 Å². The summed E-state index contributed by atoms with van der Waals surface area (Å²) >= 11 is 6.25. The molecule has 198 valence electrons. The monoisotopic (exact) mass is 536 g/mol. The third kappa shape index (κ3) is 3.82. The maximum absolute atomic E-state index is 13.4. The van der Waals surface area contributed by atoms with Crippen LogP contribution in [0.3, 0.4) is 0 Å². The van der Waals surface area contributed by atoms with Crippen LogP contribution in [0.25, 0.3) is 0 Å². The van der Waals surface area contributed by atoms with E-state index < -0.39 is 53.0 Å². The van der Waals surface area contributed by atoms with Crippen LogP contribution in [0.1, 0.15) is 22.6 Å². The van der Waals surface area contributed by atoms with Gasteiger partial charge in [0.15, 0.2) is 11.8 Å². The number of aliphatic hydroxyl groups excluding tert-OH is 1. The van der Waals surface area contributed by atoms with Crippen LogP contribution in [-0.2, 0) is 21.3 Å². The van der Waals surface area contributed by atoms with Crippen molar-refractivity contribution in [3.8, 4) is 0 Å². The van der Waals surface area contributed by atoms with Crippen molar-refractivity contribution < 1.29 is 32.9 Å². The Morgan fingerprint density at radius 3 is 2.30 bits per heavy atom. The molecule has 3 aliphatic rings. The Morgan fingerprint density at radius 2 is 1.73 bits per heavy atom. The number of halogens is 4. The SMILES string of the molecule is COC1N=C(Cl)C=C2O[C@@]3(c4ccc(C(F)(F)F)cc4)[C@H](c4ccccc4)[C@@H](CN(C)C)[C@@H](O)[C@@]3(O)C21. The van der Waals surface area contributed by atoms with Crippen LogP contribution in [0.15, 0.2) is 71.4 Å². The van der Waals surface area contributed by atoms with Crippen molar-refractivity contribution in [3.63, 3.8) is 0 Å². The fourth-order valence-electron chi connectivity index (χ4n) is 6.47. The Bertz CT molecular complexity index is 1220. The predicted octanol–water partition coefficient (Wildman–Crippen LogP) is 4.12. The summed E-state index contributed by atoms with van der Waals surface area (Å²) in [7, 11) is 5.12. The van der Waals surface area contributed by atoms with Crippen LogP contribution in [0, 0.1) is 11.8 Å². The molecular weight excluding hydrogens is 509 g/mol. The van der Waals surface area contributed by atoms with Gasteiger partial charge in [-0.1, -0.05) is 54.1 Å². The van der Waals surface area contributed by atoms with Gasteiger partial charge in [-0.25, -0.2) is 4.99 Å². The molecule has 2 fully saturated rings. The molecule has 2 heterocycles. The van der Waals surface area contributed by atoms with Crippen molar-refractivity contribution in [1.82, 2.24) is 4.90 Å². The number of allylic oxidation sites excluding steroid dienone is 1. The summed E-state index contributed by atoms with van der Waals surface area (Å²) in [5.74, 6) is -1.88. The second-order valence-electron chi connectivity index (χ2n) is 10.1. The number of fused-ring (bicyclic) bond motifs is 3. The number of alkyl halides is 3. The number of rotatable bonds is 5. The highest BCUT2D eigenvalue weighted by molar-refractivity contribution is 6.68. The Kier molecular flexibility index (Phi) is 6.44. The Labute approximate surface area is 218 Å². The van der Waals surface area contributed by atoms with Crippen molar-refractivity contribution in [3.05, 3.63) is 83.1 Å². The third-order valence-corrected chi connectivity index (χ3v) is 8.00. The minimum atomic E-state index is -4.54. The molecule has 1 saturated heterocycles. The molecule has 0 radical (unpaired) electrons. The second kappa shape index (κ2) is 9.10. The smallest absolute Gasteiger partial charge is 0.416 e. The van der Waals surface area contributed by atoms with Crippen molar-refractivity contribution in [2.75, 3.05) is 27.7 Å². The summed E-state index contributed by atoms with van der Waals surface area (Å²) in [6.45, 7) is 0.377. The fraction of sp³-hybridized carbons (Fsp3) is 0.444. The van der Waals surface area contributed by atoms with Gasteiger partial charge in [0.1, 0.15) is 16.5 Å². The molecule has 7 atom stereocenters. The van der Waals surface area contributed by atoms with Crippen LogP contribution >= 0.6 is 11.6 Å². The molecule has 0 aromatic heterocycles. The van der Waals surface area contributed by atoms with Crippen molar-refractivity contribution in [2.45, 2.75) is 35.6 Å². The van der Waals surface area contributed by atoms with E-state index in [0.717, 1.165) is 17.7 Å². The molecule has 10 heteroatoms. The van der Waals surface area contributed by atoms with E-state index in [1.54, 1.807) is 0 Å². The summed E-state index contributed by atoms with van der Waals surface area (Å²) in [5.41, 5.74) is -3.43. The lowest BCUT2D eigenvalue weighted by Gasteiger charge is -2.42. The summed E-state index contributed by atoms with van der Waals surface area (Å²) in [5, 5.41) is 24.7. The van der Waals surface area contributed by atoms with E-state index in [0.29, 0.717) is 12.1 Å². The number of hydrogen-bond acceptors (Lipinski definition) is 6. The van der Waals surface area contributed by atoms with Crippen molar-refractivity contribution >= 4 is 16.8 Å². The number of benzene rings is 2. The average Bonchev–Trinajstić information content (AvgIpc) is 3.21. The molecule has 0 bridgehead atoms. The number of aliphatic imine (C=N–C) groups is 1. The van der Waals surface area contributed by atoms with E-state index in [1.807, 2.05) is 49.3 Å². The molecule has 2 aromatic rings. The van der Waals surface area contributed by atoms with Crippen LogP contribution < -0.4 is 0 Å². The molecule has 2 N–H and O–H groups in total. The first kappa shape index (κ1) is 26.2. The van der Waals surface area contributed by atoms with Gasteiger partial charge in [-0.15, -0.1) is 0 Å². The van der Waals surface area contributed by atoms with Gasteiger partial charge in [0, 0.05) is 31.6 Å². The number of hydrogen-bond donors (Lipinski definition) is 2. The van der Waals surface area contributed by atoms with Gasteiger partial charge in [-0.05, 0) is 37.4 Å². The molecule has 2 aromatic carbocycles. The average molecular weight is 537 g/mol. The standard InChI is InChI=1S/C27H28ClF3N2O4/c1-33(2)14-18-21(15-7-5-4-6-8-15)26(16-9-11-17(12-10-16)27(29,30)31)25(35,23(18)34)22-19(37-26)13-20(28)32-24(22)36-3/h4-13,18,21-24,34-35H,14H2,1-3H3/t18-,21-,22?,23-,24?,25+,26+/m1/s1. The van der Waals surface area contributed by atoms with Gasteiger partial charge in [-0.3, -0.25) is 0 Å². The minimum absolute atomic E-state index is 0.0971. The summed E-state index contributed by atoms with van der Waals surface area (Å²) < 4.78 is 52.6. The fourth-order valence-corrected chi connectivity index (χ4v) is 6.67. The van der Waals surface area contributed by atoms with Gasteiger partial charge in [-0.2, -0.15) is 13.2 Å². The summed E-state index contributed by atoms with van der Waals surface area (Å²) in [6.07, 6.45) is -5.38. The van der Waals surface area contributed by atoms with E-state index in [2.05, 4.69) is 4.99 Å². The first-order chi connectivity index (χ1) is 17.4. The van der Waals surface area contributed by atoms with Gasteiger partial charge >= 0.3 is 6.18 Å². The largest absolute Gasteiger partial charge is 0.482 e. The van der Waals surface area contributed by atoms with Crippen molar-refractivity contribution in [2.24, 2.45) is 16.8 Å². The quantitative estimate of drug-likeness (QED) is 0.601. The van der Waals surface area contributed by atoms with Crippen LogP contribution in [-0.4, -0.2) is 66.0 Å².